The van der Waals surface area contributed by atoms with Crippen LogP contribution in [0.1, 0.15) is 18.1 Å². The van der Waals surface area contributed by atoms with Gasteiger partial charge in [0.2, 0.25) is 11.8 Å². The summed E-state index contributed by atoms with van der Waals surface area (Å²) in [5.41, 5.74) is 13.2. The third-order valence-electron chi connectivity index (χ3n) is 4.26. The van der Waals surface area contributed by atoms with E-state index in [4.69, 9.17) is 11.5 Å². The average molecular weight is 254 g/mol. The highest BCUT2D eigenvalue weighted by molar-refractivity contribution is 6.10. The molecule has 2 atom stereocenters. The molecule has 3 aliphatic rings. The largest absolute Gasteiger partial charge is 0.369 e. The minimum absolute atomic E-state index is 0.336. The number of primary amides is 2. The molecule has 1 aromatic rings. The van der Waals surface area contributed by atoms with Crippen molar-refractivity contribution >= 4 is 17.4 Å². The summed E-state index contributed by atoms with van der Waals surface area (Å²) in [6.07, 6.45) is 3.58. The Morgan fingerprint density at radius 2 is 1.89 bits per heavy atom. The fraction of sp³-hybridized carbons (Fsp3) is 0.200. The van der Waals surface area contributed by atoms with E-state index in [2.05, 4.69) is 0 Å². The van der Waals surface area contributed by atoms with Gasteiger partial charge in [-0.1, -0.05) is 43.3 Å². The van der Waals surface area contributed by atoms with Gasteiger partial charge < -0.3 is 11.5 Å². The van der Waals surface area contributed by atoms with Crippen molar-refractivity contribution in [2.24, 2.45) is 17.4 Å². The molecule has 0 heterocycles. The number of nitrogens with two attached hydrogens (primary N) is 2. The molecule has 0 aromatic heterocycles. The molecule has 0 radical (unpaired) electrons. The van der Waals surface area contributed by atoms with Crippen LogP contribution in [-0.2, 0) is 15.0 Å². The monoisotopic (exact) mass is 254 g/mol. The van der Waals surface area contributed by atoms with E-state index in [1.807, 2.05) is 31.2 Å². The zero-order chi connectivity index (χ0) is 13.8. The van der Waals surface area contributed by atoms with Gasteiger partial charge in [-0.05, 0) is 16.7 Å². The van der Waals surface area contributed by atoms with E-state index in [-0.39, 0.29) is 5.92 Å². The SMILES string of the molecule is CC1C(C(N)=O)=C2C=CC1(C(N)=O)c1ccccc12. The molecule has 2 bridgehead atoms. The molecule has 0 fully saturated rings. The Morgan fingerprint density at radius 1 is 1.21 bits per heavy atom. The lowest BCUT2D eigenvalue weighted by atomic mass is 9.57. The Kier molecular flexibility index (Phi) is 2.20. The van der Waals surface area contributed by atoms with E-state index in [0.29, 0.717) is 5.57 Å². The van der Waals surface area contributed by atoms with Crippen molar-refractivity contribution in [2.75, 3.05) is 0 Å². The third kappa shape index (κ3) is 1.23. The third-order valence-corrected chi connectivity index (χ3v) is 4.26. The topological polar surface area (TPSA) is 86.2 Å². The van der Waals surface area contributed by atoms with Gasteiger partial charge in [-0.2, -0.15) is 0 Å². The summed E-state index contributed by atoms with van der Waals surface area (Å²) in [4.78, 5) is 23.8. The van der Waals surface area contributed by atoms with Gasteiger partial charge in [0.05, 0.1) is 5.41 Å². The Morgan fingerprint density at radius 3 is 2.53 bits per heavy atom. The summed E-state index contributed by atoms with van der Waals surface area (Å²) in [6.45, 7) is 1.82. The van der Waals surface area contributed by atoms with Crippen LogP contribution >= 0.6 is 0 Å². The number of fused-ring (bicyclic) bond motifs is 1. The Hall–Kier alpha value is -2.36. The first-order valence-electron chi connectivity index (χ1n) is 6.13. The zero-order valence-electron chi connectivity index (χ0n) is 10.5. The predicted molar refractivity (Wildman–Crippen MR) is 71.7 cm³/mol. The highest BCUT2D eigenvalue weighted by Crippen LogP contribution is 2.51. The molecule has 96 valence electrons. The standard InChI is InChI=1S/C15H14N2O2/c1-8-12(13(16)18)10-6-7-15(8,14(17)19)11-5-3-2-4-9(10)11/h2-8H,1H3,(H2,16,18)(H2,17,19). The van der Waals surface area contributed by atoms with Gasteiger partial charge in [-0.15, -0.1) is 0 Å². The van der Waals surface area contributed by atoms with E-state index >= 15 is 0 Å². The molecule has 4 nitrogen and oxygen atoms in total. The van der Waals surface area contributed by atoms with E-state index in [0.717, 1.165) is 16.7 Å². The molecule has 19 heavy (non-hydrogen) atoms. The van der Waals surface area contributed by atoms with Crippen LogP contribution in [0.25, 0.3) is 5.57 Å². The molecular formula is C15H14N2O2. The molecule has 3 aliphatic carbocycles. The first kappa shape index (κ1) is 11.7. The van der Waals surface area contributed by atoms with Gasteiger partial charge in [-0.25, -0.2) is 0 Å². The van der Waals surface area contributed by atoms with Crippen LogP contribution in [0.15, 0.2) is 42.0 Å². The summed E-state index contributed by atoms with van der Waals surface area (Å²) in [7, 11) is 0. The quantitative estimate of drug-likeness (QED) is 0.820. The van der Waals surface area contributed by atoms with Crippen molar-refractivity contribution in [2.45, 2.75) is 12.3 Å². The number of benzene rings is 1. The van der Waals surface area contributed by atoms with Crippen molar-refractivity contribution in [3.8, 4) is 0 Å². The summed E-state index contributed by atoms with van der Waals surface area (Å²) >= 11 is 0. The lowest BCUT2D eigenvalue weighted by molar-refractivity contribution is -0.123. The van der Waals surface area contributed by atoms with Crippen LogP contribution in [0.5, 0.6) is 0 Å². The predicted octanol–water partition coefficient (Wildman–Crippen LogP) is 0.868. The molecule has 0 saturated carbocycles. The highest BCUT2D eigenvalue weighted by Gasteiger charge is 2.51. The summed E-state index contributed by atoms with van der Waals surface area (Å²) in [5, 5.41) is 0. The maximum absolute atomic E-state index is 12.1. The van der Waals surface area contributed by atoms with Gasteiger partial charge in [0.25, 0.3) is 0 Å². The van der Waals surface area contributed by atoms with Crippen LogP contribution in [-0.4, -0.2) is 11.8 Å². The maximum atomic E-state index is 12.1. The lowest BCUT2D eigenvalue weighted by Crippen LogP contribution is -2.51. The number of allylic oxidation sites excluding steroid dienone is 2. The highest BCUT2D eigenvalue weighted by atomic mass is 16.2. The summed E-state index contributed by atoms with van der Waals surface area (Å²) in [6, 6.07) is 7.52. The van der Waals surface area contributed by atoms with Crippen LogP contribution in [0.2, 0.25) is 0 Å². The molecule has 0 saturated heterocycles. The molecule has 2 unspecified atom stereocenters. The van der Waals surface area contributed by atoms with Gasteiger partial charge in [0.1, 0.15) is 0 Å². The van der Waals surface area contributed by atoms with Crippen molar-refractivity contribution in [1.29, 1.82) is 0 Å². The second-order valence-electron chi connectivity index (χ2n) is 5.03. The molecule has 2 amide bonds. The molecule has 0 aliphatic heterocycles. The number of amides is 2. The fourth-order valence-corrected chi connectivity index (χ4v) is 3.32. The molecular weight excluding hydrogens is 240 g/mol. The second-order valence-corrected chi connectivity index (χ2v) is 5.03. The number of carbonyl (C=O) groups is 2. The van der Waals surface area contributed by atoms with Gasteiger partial charge >= 0.3 is 0 Å². The van der Waals surface area contributed by atoms with E-state index in [1.54, 1.807) is 12.2 Å². The van der Waals surface area contributed by atoms with Crippen molar-refractivity contribution in [3.63, 3.8) is 0 Å². The lowest BCUT2D eigenvalue weighted by Gasteiger charge is -2.44. The molecule has 1 aromatic carbocycles. The van der Waals surface area contributed by atoms with Crippen LogP contribution in [0, 0.1) is 5.92 Å². The van der Waals surface area contributed by atoms with Crippen molar-refractivity contribution < 1.29 is 9.59 Å². The average Bonchev–Trinajstić information content (AvgIpc) is 2.38. The first-order chi connectivity index (χ1) is 9.00. The minimum atomic E-state index is -0.970. The number of hydrogen-bond acceptors (Lipinski definition) is 2. The number of carbonyl (C=O) groups excluding carboxylic acids is 2. The summed E-state index contributed by atoms with van der Waals surface area (Å²) in [5.74, 6) is -1.29. The van der Waals surface area contributed by atoms with Gasteiger partial charge in [0, 0.05) is 11.5 Å². The van der Waals surface area contributed by atoms with Gasteiger partial charge in [0.15, 0.2) is 0 Å². The fourth-order valence-electron chi connectivity index (χ4n) is 3.32. The Balaban J connectivity index is 2.42. The van der Waals surface area contributed by atoms with E-state index < -0.39 is 17.2 Å². The Bertz CT molecular complexity index is 672. The second kappa shape index (κ2) is 3.57. The Labute approximate surface area is 110 Å². The van der Waals surface area contributed by atoms with Crippen molar-refractivity contribution in [3.05, 3.63) is 53.1 Å². The molecule has 4 rings (SSSR count). The minimum Gasteiger partial charge on any atom is -0.369 e. The van der Waals surface area contributed by atoms with Gasteiger partial charge in [-0.3, -0.25) is 9.59 Å². The normalized spacial score (nSPS) is 27.3. The van der Waals surface area contributed by atoms with Crippen LogP contribution in [0.3, 0.4) is 0 Å². The molecule has 4 heteroatoms. The summed E-state index contributed by atoms with van der Waals surface area (Å²) < 4.78 is 0. The molecule has 4 N–H and O–H groups in total. The van der Waals surface area contributed by atoms with Crippen molar-refractivity contribution in [1.82, 2.24) is 0 Å². The smallest absolute Gasteiger partial charge is 0.245 e. The zero-order valence-corrected chi connectivity index (χ0v) is 10.5. The van der Waals surface area contributed by atoms with Crippen LogP contribution < -0.4 is 11.5 Å². The van der Waals surface area contributed by atoms with E-state index in [9.17, 15) is 9.59 Å². The van der Waals surface area contributed by atoms with E-state index in [1.165, 1.54) is 0 Å². The number of rotatable bonds is 2. The maximum Gasteiger partial charge on any atom is 0.245 e. The molecule has 0 spiro atoms. The number of hydrogen-bond donors (Lipinski definition) is 2. The first-order valence-corrected chi connectivity index (χ1v) is 6.13. The van der Waals surface area contributed by atoms with Crippen LogP contribution in [0.4, 0.5) is 0 Å².